The molecule has 0 radical (unpaired) electrons. The number of hydrogen-bond acceptors (Lipinski definition) is 15. The fourth-order valence-electron chi connectivity index (χ4n) is 6.33. The first-order valence-electron chi connectivity index (χ1n) is 21.8. The molecule has 1 aliphatic carbocycles. The maximum Gasteiger partial charge on any atom is 0.216 e. The summed E-state index contributed by atoms with van der Waals surface area (Å²) in [5.74, 6) is 0. The van der Waals surface area contributed by atoms with E-state index in [1.807, 2.05) is 30.8 Å². The third kappa shape index (κ3) is 15.8. The van der Waals surface area contributed by atoms with E-state index in [1.54, 1.807) is 83.1 Å². The third-order valence-corrected chi connectivity index (χ3v) is 26.8. The Kier molecular flexibility index (Phi) is 22.5. The molecule has 0 bridgehead atoms. The van der Waals surface area contributed by atoms with Gasteiger partial charge in [0.05, 0.1) is 60.0 Å². The molecule has 23 heteroatoms. The minimum absolute atomic E-state index is 0.0116. The molecule has 5 saturated heterocycles. The minimum atomic E-state index is -2.91. The lowest BCUT2D eigenvalue weighted by Gasteiger charge is -2.46. The van der Waals surface area contributed by atoms with Crippen molar-refractivity contribution in [3.8, 4) is 0 Å². The first-order valence-corrected chi connectivity index (χ1v) is 31.2. The summed E-state index contributed by atoms with van der Waals surface area (Å²) in [5.41, 5.74) is 0. The van der Waals surface area contributed by atoms with Gasteiger partial charge in [-0.2, -0.15) is 0 Å². The van der Waals surface area contributed by atoms with Crippen molar-refractivity contribution in [1.29, 1.82) is 0 Å². The Morgan fingerprint density at radius 3 is 0.919 bits per heavy atom. The largest absolute Gasteiger partial charge is 0.379 e. The van der Waals surface area contributed by atoms with Crippen LogP contribution >= 0.6 is 0 Å². The Morgan fingerprint density at radius 2 is 0.774 bits per heavy atom. The molecule has 6 fully saturated rings. The van der Waals surface area contributed by atoms with Crippen molar-refractivity contribution < 1.29 is 55.2 Å². The molecule has 5 heterocycles. The lowest BCUT2D eigenvalue weighted by molar-refractivity contribution is 0.0413. The van der Waals surface area contributed by atoms with Crippen LogP contribution in [0.1, 0.15) is 116 Å². The molecule has 6 aliphatic rings. The molecule has 0 aromatic carbocycles. The van der Waals surface area contributed by atoms with Gasteiger partial charge in [-0.3, -0.25) is 0 Å². The van der Waals surface area contributed by atoms with Crippen LogP contribution in [0.25, 0.3) is 0 Å². The molecule has 0 amide bonds. The van der Waals surface area contributed by atoms with E-state index in [-0.39, 0.29) is 47.2 Å². The summed E-state index contributed by atoms with van der Waals surface area (Å²) in [6.45, 7) is 29.0. The highest BCUT2D eigenvalue weighted by molar-refractivity contribution is 7.94. The molecule has 6 rings (SSSR count). The second kappa shape index (κ2) is 23.5. The minimum Gasteiger partial charge on any atom is -0.379 e. The summed E-state index contributed by atoms with van der Waals surface area (Å²) >= 11 is 0. The van der Waals surface area contributed by atoms with Gasteiger partial charge in [-0.1, -0.05) is 0 Å². The van der Waals surface area contributed by atoms with Crippen molar-refractivity contribution in [2.24, 2.45) is 0 Å². The predicted octanol–water partition coefficient (Wildman–Crippen LogP) is 2.68. The predicted molar refractivity (Wildman–Crippen MR) is 252 cm³/mol. The molecule has 0 N–H and O–H groups in total. The number of sulfone groups is 4. The van der Waals surface area contributed by atoms with Crippen molar-refractivity contribution in [3.63, 3.8) is 0 Å². The van der Waals surface area contributed by atoms with Gasteiger partial charge in [0.1, 0.15) is 5.25 Å². The third-order valence-electron chi connectivity index (χ3n) is 11.6. The molecule has 0 atom stereocenters. The molecule has 5 aliphatic heterocycles. The maximum absolute atomic E-state index is 11.8. The number of likely N-dealkylation sites (tertiary alicyclic amines) is 2. The Labute approximate surface area is 378 Å². The molecular weight excluding hydrogens is 925 g/mol. The van der Waals surface area contributed by atoms with Gasteiger partial charge in [0.2, 0.25) is 20.0 Å². The number of ether oxygens (including phenoxy) is 1. The molecule has 1 saturated carbocycles. The lowest BCUT2D eigenvalue weighted by atomic mass is 10.0. The van der Waals surface area contributed by atoms with Crippen molar-refractivity contribution in [1.82, 2.24) is 18.4 Å². The van der Waals surface area contributed by atoms with Crippen LogP contribution in [0.3, 0.4) is 0 Å². The van der Waals surface area contributed by atoms with E-state index in [2.05, 4.69) is 0 Å². The molecule has 0 aromatic heterocycles. The zero-order valence-electron chi connectivity index (χ0n) is 40.1. The van der Waals surface area contributed by atoms with E-state index in [1.165, 1.54) is 8.61 Å². The molecule has 372 valence electrons. The van der Waals surface area contributed by atoms with Gasteiger partial charge >= 0.3 is 0 Å². The monoisotopic (exact) mass is 1010 g/mol. The normalized spacial score (nSPS) is 21.8. The topological polar surface area (TPSA) is 227 Å². The van der Waals surface area contributed by atoms with Gasteiger partial charge in [-0.15, -0.1) is 0 Å². The number of rotatable bonds is 12. The van der Waals surface area contributed by atoms with E-state index in [0.717, 1.165) is 51.9 Å². The average molecular weight is 1010 g/mol. The van der Waals surface area contributed by atoms with E-state index < -0.39 is 64.1 Å². The van der Waals surface area contributed by atoms with Gasteiger partial charge < -0.3 is 14.5 Å². The standard InChI is InChI=1S/C8H17NO2S.C7H15NO2S.2C6H13NO2S.C6H12O3S.C6H12O2S/c1-7(2)12(10,11)8(3)5-9(4)6-8;1-6(2)11(9,10)7-4-8(3)5-7;2*1-6(2)10(8,9)7-4-3-5-7;1-5(2)10(7,8)6-3-9-4-6;1-5(2)9(7,8)6-3-4-6/h7H,5-6H2,1-4H3;6-7H,4-5H2,1-3H3;2*6H,3-5H2,1-2H3;5-6H,3-4H2,1-2H3;5-6H,3-4H2,1-2H3. The highest BCUT2D eigenvalue weighted by atomic mass is 32.2. The summed E-state index contributed by atoms with van der Waals surface area (Å²) in [6, 6.07) is 0. The Bertz CT molecular complexity index is 1940. The fraction of sp³-hybridized carbons (Fsp3) is 1.00. The summed E-state index contributed by atoms with van der Waals surface area (Å²) in [5, 5.41) is -1.75. The second-order valence-corrected chi connectivity index (χ2v) is 35.4. The van der Waals surface area contributed by atoms with Crippen LogP contribution < -0.4 is 0 Å². The van der Waals surface area contributed by atoms with Crippen LogP contribution in [-0.4, -0.2) is 201 Å². The molecule has 17 nitrogen and oxygen atoms in total. The van der Waals surface area contributed by atoms with E-state index in [9.17, 15) is 50.5 Å². The number of sulfonamides is 2. The van der Waals surface area contributed by atoms with Crippen LogP contribution in [0.15, 0.2) is 0 Å². The molecule has 0 aromatic rings. The highest BCUT2D eigenvalue weighted by Gasteiger charge is 2.49. The summed E-state index contributed by atoms with van der Waals surface area (Å²) in [6.07, 6.45) is 3.82. The SMILES string of the molecule is CC(C)S(=O)(=O)C1(C)CN(C)C1.CC(C)S(=O)(=O)C1CC1.CC(C)S(=O)(=O)C1CN(C)C1.CC(C)S(=O)(=O)C1COC1.CC(C)S(=O)(=O)N1CCC1.CC(C)S(=O)(=O)N1CCC1. The van der Waals surface area contributed by atoms with Gasteiger partial charge in [0.15, 0.2) is 39.3 Å². The first-order chi connectivity index (χ1) is 27.9. The maximum atomic E-state index is 11.8. The van der Waals surface area contributed by atoms with Gasteiger partial charge in [-0.05, 0) is 130 Å². The fourth-order valence-corrected chi connectivity index (χ4v) is 15.6. The first kappa shape index (κ1) is 59.5. The Hall–Kier alpha value is -0.500. The highest BCUT2D eigenvalue weighted by Crippen LogP contribution is 2.31. The van der Waals surface area contributed by atoms with E-state index in [4.69, 9.17) is 4.74 Å². The molecule has 0 unspecified atom stereocenters. The molecule has 62 heavy (non-hydrogen) atoms. The zero-order valence-corrected chi connectivity index (χ0v) is 45.0. The smallest absolute Gasteiger partial charge is 0.216 e. The lowest BCUT2D eigenvalue weighted by Crippen LogP contribution is -2.63. The van der Waals surface area contributed by atoms with Crippen molar-refractivity contribution in [2.75, 3.05) is 79.7 Å². The van der Waals surface area contributed by atoms with Crippen molar-refractivity contribution in [2.45, 2.75) is 168 Å². The van der Waals surface area contributed by atoms with Crippen molar-refractivity contribution in [3.05, 3.63) is 0 Å². The summed E-state index contributed by atoms with van der Waals surface area (Å²) < 4.78 is 143. The van der Waals surface area contributed by atoms with Crippen LogP contribution in [0, 0.1) is 0 Å². The van der Waals surface area contributed by atoms with Gasteiger partial charge in [0, 0.05) is 52.4 Å². The van der Waals surface area contributed by atoms with Crippen LogP contribution in [0.5, 0.6) is 0 Å². The molecule has 0 spiro atoms. The molecular formula is C39H82N4O13S6. The quantitative estimate of drug-likeness (QED) is 0.274. The van der Waals surface area contributed by atoms with Gasteiger partial charge in [0.25, 0.3) is 0 Å². The van der Waals surface area contributed by atoms with Crippen LogP contribution in [-0.2, 0) is 64.1 Å². The van der Waals surface area contributed by atoms with Crippen LogP contribution in [0.2, 0.25) is 0 Å². The Morgan fingerprint density at radius 1 is 0.452 bits per heavy atom. The Balaban J connectivity index is 0.000000373. The summed E-state index contributed by atoms with van der Waals surface area (Å²) in [7, 11) is -13.2. The van der Waals surface area contributed by atoms with Crippen molar-refractivity contribution >= 4 is 59.4 Å². The van der Waals surface area contributed by atoms with E-state index >= 15 is 0 Å². The van der Waals surface area contributed by atoms with Gasteiger partial charge in [-0.25, -0.2) is 59.1 Å². The number of nitrogens with zero attached hydrogens (tertiary/aromatic N) is 4. The number of hydrogen-bond donors (Lipinski definition) is 0. The van der Waals surface area contributed by atoms with Crippen LogP contribution in [0.4, 0.5) is 0 Å². The summed E-state index contributed by atoms with van der Waals surface area (Å²) in [4.78, 5) is 4.05. The zero-order chi connectivity index (χ0) is 48.6. The van der Waals surface area contributed by atoms with E-state index in [0.29, 0.717) is 39.4 Å². The average Bonchev–Trinajstić information content (AvgIpc) is 3.87. The second-order valence-electron chi connectivity index (χ2n) is 19.0.